The normalized spacial score (nSPS) is 13.4. The average molecular weight is 346 g/mol. The molecule has 1 fully saturated rings. The number of nitriles is 1. The molecule has 2 heterocycles. The van der Waals surface area contributed by atoms with Gasteiger partial charge in [0.2, 0.25) is 0 Å². The Morgan fingerprint density at radius 3 is 2.85 bits per heavy atom. The second-order valence-electron chi connectivity index (χ2n) is 6.22. The van der Waals surface area contributed by atoms with Crippen LogP contribution >= 0.6 is 0 Å². The van der Waals surface area contributed by atoms with Gasteiger partial charge in [-0.1, -0.05) is 6.58 Å². The second-order valence-corrected chi connectivity index (χ2v) is 6.22. The van der Waals surface area contributed by atoms with Gasteiger partial charge in [-0.25, -0.2) is 14.4 Å². The highest BCUT2D eigenvalue weighted by Gasteiger charge is 2.29. The summed E-state index contributed by atoms with van der Waals surface area (Å²) >= 11 is 0. The van der Waals surface area contributed by atoms with Gasteiger partial charge >= 0.3 is 0 Å². The zero-order chi connectivity index (χ0) is 18.3. The molecule has 2 aromatic heterocycles. The first-order valence-corrected chi connectivity index (χ1v) is 8.13. The van der Waals surface area contributed by atoms with Crippen molar-refractivity contribution in [2.45, 2.75) is 18.8 Å². The summed E-state index contributed by atoms with van der Waals surface area (Å²) < 4.78 is 13.8. The molecule has 3 N–H and O–H groups in total. The zero-order valence-electron chi connectivity index (χ0n) is 13.8. The molecule has 0 amide bonds. The number of hydrogen-bond donors (Lipinski definition) is 2. The van der Waals surface area contributed by atoms with Crippen LogP contribution in [0.5, 0.6) is 0 Å². The van der Waals surface area contributed by atoms with Crippen LogP contribution in [-0.4, -0.2) is 15.0 Å². The van der Waals surface area contributed by atoms with Crippen LogP contribution in [0.4, 0.5) is 16.0 Å². The van der Waals surface area contributed by atoms with Crippen LogP contribution in [-0.2, 0) is 0 Å². The lowest BCUT2D eigenvalue weighted by Gasteiger charge is -2.16. The molecule has 0 unspecified atom stereocenters. The first-order valence-electron chi connectivity index (χ1n) is 8.13. The van der Waals surface area contributed by atoms with E-state index in [1.807, 2.05) is 6.07 Å². The third-order valence-electron chi connectivity index (χ3n) is 4.44. The van der Waals surface area contributed by atoms with Gasteiger partial charge in [-0.3, -0.25) is 4.98 Å². The van der Waals surface area contributed by atoms with E-state index in [4.69, 9.17) is 5.73 Å². The van der Waals surface area contributed by atoms with Crippen molar-refractivity contribution in [3.63, 3.8) is 0 Å². The Labute approximate surface area is 149 Å². The summed E-state index contributed by atoms with van der Waals surface area (Å²) in [5.41, 5.74) is 8.96. The number of halogens is 1. The van der Waals surface area contributed by atoms with E-state index in [-0.39, 0.29) is 23.0 Å². The monoisotopic (exact) mass is 346 g/mol. The molecule has 6 nitrogen and oxygen atoms in total. The van der Waals surface area contributed by atoms with E-state index >= 15 is 0 Å². The maximum atomic E-state index is 13.8. The lowest BCUT2D eigenvalue weighted by atomic mass is 9.97. The van der Waals surface area contributed by atoms with Gasteiger partial charge in [-0.05, 0) is 42.5 Å². The highest BCUT2D eigenvalue weighted by molar-refractivity contribution is 5.90. The number of nitrogen functional groups attached to an aromatic ring is 1. The average Bonchev–Trinajstić information content (AvgIpc) is 3.45. The minimum Gasteiger partial charge on any atom is -0.382 e. The quantitative estimate of drug-likeness (QED) is 0.749. The SMILES string of the molecule is C=C(Nc1ncnc(N)c1C#N)c1cnc2ccc(F)cc2c1C1CC1. The molecule has 7 heteroatoms. The largest absolute Gasteiger partial charge is 0.382 e. The van der Waals surface area contributed by atoms with Crippen LogP contribution in [0.2, 0.25) is 0 Å². The third kappa shape index (κ3) is 2.71. The van der Waals surface area contributed by atoms with E-state index < -0.39 is 0 Å². The van der Waals surface area contributed by atoms with E-state index in [0.717, 1.165) is 34.9 Å². The molecule has 0 radical (unpaired) electrons. The Morgan fingerprint density at radius 1 is 1.31 bits per heavy atom. The second kappa shape index (κ2) is 6.08. The van der Waals surface area contributed by atoms with Crippen molar-refractivity contribution in [2.24, 2.45) is 0 Å². The van der Waals surface area contributed by atoms with Gasteiger partial charge in [0, 0.05) is 22.8 Å². The molecule has 1 saturated carbocycles. The Kier molecular flexibility index (Phi) is 3.73. The van der Waals surface area contributed by atoms with Crippen LogP contribution in [0.1, 0.15) is 35.4 Å². The fraction of sp³-hybridized carbons (Fsp3) is 0.158. The topological polar surface area (TPSA) is 101 Å². The summed E-state index contributed by atoms with van der Waals surface area (Å²) in [5.74, 6) is 0.430. The first kappa shape index (κ1) is 16.0. The molecule has 1 aromatic carbocycles. The summed E-state index contributed by atoms with van der Waals surface area (Å²) in [6.07, 6.45) is 5.08. The maximum Gasteiger partial charge on any atom is 0.153 e. The lowest BCUT2D eigenvalue weighted by Crippen LogP contribution is -2.07. The van der Waals surface area contributed by atoms with Gasteiger partial charge < -0.3 is 11.1 Å². The van der Waals surface area contributed by atoms with Crippen molar-refractivity contribution >= 4 is 28.2 Å². The summed E-state index contributed by atoms with van der Waals surface area (Å²) in [6, 6.07) is 6.58. The maximum absolute atomic E-state index is 13.8. The number of benzene rings is 1. The molecular formula is C19H15FN6. The minimum absolute atomic E-state index is 0.0962. The molecule has 1 aliphatic rings. The Hall–Kier alpha value is -3.53. The molecule has 0 spiro atoms. The molecule has 3 aromatic rings. The highest BCUT2D eigenvalue weighted by atomic mass is 19.1. The number of rotatable bonds is 4. The van der Waals surface area contributed by atoms with Crippen LogP contribution in [0.25, 0.3) is 16.6 Å². The number of pyridine rings is 1. The fourth-order valence-electron chi connectivity index (χ4n) is 3.05. The lowest BCUT2D eigenvalue weighted by molar-refractivity contribution is 0.629. The van der Waals surface area contributed by atoms with Crippen molar-refractivity contribution in [3.8, 4) is 6.07 Å². The van der Waals surface area contributed by atoms with Gasteiger partial charge in [0.05, 0.1) is 5.52 Å². The predicted octanol–water partition coefficient (Wildman–Crippen LogP) is 3.58. The van der Waals surface area contributed by atoms with E-state index in [2.05, 4.69) is 26.8 Å². The molecule has 0 bridgehead atoms. The molecular weight excluding hydrogens is 331 g/mol. The van der Waals surface area contributed by atoms with Crippen molar-refractivity contribution in [3.05, 3.63) is 59.8 Å². The molecule has 0 aliphatic heterocycles. The number of fused-ring (bicyclic) bond motifs is 1. The summed E-state index contributed by atoms with van der Waals surface area (Å²) in [7, 11) is 0. The molecule has 0 saturated heterocycles. The Morgan fingerprint density at radius 2 is 2.12 bits per heavy atom. The molecule has 128 valence electrons. The van der Waals surface area contributed by atoms with Crippen LogP contribution in [0, 0.1) is 17.1 Å². The van der Waals surface area contributed by atoms with Crippen molar-refractivity contribution < 1.29 is 4.39 Å². The zero-order valence-corrected chi connectivity index (χ0v) is 13.8. The van der Waals surface area contributed by atoms with Crippen LogP contribution in [0.3, 0.4) is 0 Å². The minimum atomic E-state index is -0.299. The van der Waals surface area contributed by atoms with E-state index in [9.17, 15) is 9.65 Å². The van der Waals surface area contributed by atoms with Crippen LogP contribution in [0.15, 0.2) is 37.3 Å². The van der Waals surface area contributed by atoms with Gasteiger partial charge in [-0.15, -0.1) is 0 Å². The smallest absolute Gasteiger partial charge is 0.153 e. The van der Waals surface area contributed by atoms with E-state index in [0.29, 0.717) is 11.6 Å². The summed E-state index contributed by atoms with van der Waals surface area (Å²) in [5, 5.41) is 13.1. The number of hydrogen-bond acceptors (Lipinski definition) is 6. The predicted molar refractivity (Wildman–Crippen MR) is 97.5 cm³/mol. The fourth-order valence-corrected chi connectivity index (χ4v) is 3.05. The van der Waals surface area contributed by atoms with Gasteiger partial charge in [0.1, 0.15) is 29.6 Å². The summed E-state index contributed by atoms with van der Waals surface area (Å²) in [4.78, 5) is 12.3. The number of nitrogens with one attached hydrogen (secondary N) is 1. The van der Waals surface area contributed by atoms with Gasteiger partial charge in [-0.2, -0.15) is 5.26 Å². The number of nitrogens with two attached hydrogens (primary N) is 1. The first-order chi connectivity index (χ1) is 12.6. The highest BCUT2D eigenvalue weighted by Crippen LogP contribution is 2.46. The van der Waals surface area contributed by atoms with Gasteiger partial charge in [0.15, 0.2) is 5.82 Å². The van der Waals surface area contributed by atoms with E-state index in [1.165, 1.54) is 18.5 Å². The number of anilines is 2. The van der Waals surface area contributed by atoms with Gasteiger partial charge in [0.25, 0.3) is 0 Å². The van der Waals surface area contributed by atoms with Crippen molar-refractivity contribution in [2.75, 3.05) is 11.1 Å². The molecule has 0 atom stereocenters. The molecule has 4 rings (SSSR count). The van der Waals surface area contributed by atoms with Crippen molar-refractivity contribution in [1.29, 1.82) is 5.26 Å². The Balaban J connectivity index is 1.80. The number of aromatic nitrogens is 3. The standard InChI is InChI=1S/C19H15FN6/c1-10(26-19-14(7-21)18(22)24-9-25-19)15-8-23-16-5-4-12(20)6-13(16)17(15)11-2-3-11/h4-6,8-9,11H,1-3H2,(H3,22,24,25,26). The molecule has 26 heavy (non-hydrogen) atoms. The molecule has 1 aliphatic carbocycles. The number of nitrogens with zero attached hydrogens (tertiary/aromatic N) is 4. The third-order valence-corrected chi connectivity index (χ3v) is 4.44. The van der Waals surface area contributed by atoms with Crippen molar-refractivity contribution in [1.82, 2.24) is 15.0 Å². The summed E-state index contributed by atoms with van der Waals surface area (Å²) in [6.45, 7) is 4.07. The Bertz CT molecular complexity index is 1080. The van der Waals surface area contributed by atoms with E-state index in [1.54, 1.807) is 12.3 Å². The van der Waals surface area contributed by atoms with Crippen LogP contribution < -0.4 is 11.1 Å².